The largest absolute Gasteiger partial charge is 0.377 e. The third-order valence-electron chi connectivity index (χ3n) is 4.20. The molecule has 2 unspecified atom stereocenters. The summed E-state index contributed by atoms with van der Waals surface area (Å²) in [5.74, 6) is 0.680. The normalized spacial score (nSPS) is 30.5. The maximum Gasteiger partial charge on any atom is 0.0777 e. The van der Waals surface area contributed by atoms with Crippen molar-refractivity contribution in [2.75, 3.05) is 26.7 Å². The van der Waals surface area contributed by atoms with Gasteiger partial charge in [0, 0.05) is 25.7 Å². The molecule has 0 saturated carbocycles. The van der Waals surface area contributed by atoms with E-state index < -0.39 is 0 Å². The molecule has 0 spiro atoms. The number of hydrogen-bond donors (Lipinski definition) is 1. The molecule has 0 amide bonds. The Bertz CT molecular complexity index is 244. The topological polar surface area (TPSA) is 38.5 Å². The highest BCUT2D eigenvalue weighted by Gasteiger charge is 2.39. The van der Waals surface area contributed by atoms with Gasteiger partial charge in [0.25, 0.3) is 0 Å². The molecular formula is C14H30N2O. The lowest BCUT2D eigenvalue weighted by atomic mass is 9.84. The average Bonchev–Trinajstić information content (AvgIpc) is 2.28. The van der Waals surface area contributed by atoms with Gasteiger partial charge in [-0.15, -0.1) is 0 Å². The Kier molecular flexibility index (Phi) is 4.99. The van der Waals surface area contributed by atoms with Crippen LogP contribution < -0.4 is 5.73 Å². The van der Waals surface area contributed by atoms with E-state index in [-0.39, 0.29) is 11.1 Å². The zero-order chi connectivity index (χ0) is 13.1. The van der Waals surface area contributed by atoms with Gasteiger partial charge in [-0.05, 0) is 45.6 Å². The summed E-state index contributed by atoms with van der Waals surface area (Å²) in [5.41, 5.74) is 6.16. The van der Waals surface area contributed by atoms with Crippen LogP contribution in [0.2, 0.25) is 0 Å². The van der Waals surface area contributed by atoms with E-state index in [0.29, 0.717) is 5.92 Å². The first-order valence-corrected chi connectivity index (χ1v) is 6.85. The first-order valence-electron chi connectivity index (χ1n) is 6.85. The minimum Gasteiger partial charge on any atom is -0.377 e. The molecule has 3 heteroatoms. The van der Waals surface area contributed by atoms with Crippen LogP contribution in [0.25, 0.3) is 0 Å². The van der Waals surface area contributed by atoms with E-state index in [4.69, 9.17) is 10.5 Å². The number of nitrogens with two attached hydrogens (primary N) is 1. The van der Waals surface area contributed by atoms with Crippen molar-refractivity contribution in [2.24, 2.45) is 11.7 Å². The van der Waals surface area contributed by atoms with Gasteiger partial charge in [-0.2, -0.15) is 0 Å². The Balaban J connectivity index is 2.75. The zero-order valence-corrected chi connectivity index (χ0v) is 12.3. The van der Waals surface area contributed by atoms with E-state index in [2.05, 4.69) is 32.6 Å². The lowest BCUT2D eigenvalue weighted by Gasteiger charge is -2.49. The molecule has 0 aromatic carbocycles. The molecule has 0 aromatic rings. The first kappa shape index (κ1) is 14.9. The quantitative estimate of drug-likeness (QED) is 0.803. The summed E-state index contributed by atoms with van der Waals surface area (Å²) >= 11 is 0. The molecule has 17 heavy (non-hydrogen) atoms. The van der Waals surface area contributed by atoms with E-state index in [1.807, 2.05) is 7.11 Å². The van der Waals surface area contributed by atoms with E-state index in [0.717, 1.165) is 32.5 Å². The summed E-state index contributed by atoms with van der Waals surface area (Å²) < 4.78 is 5.67. The summed E-state index contributed by atoms with van der Waals surface area (Å²) in [4.78, 5) is 2.54. The summed E-state index contributed by atoms with van der Waals surface area (Å²) in [6.45, 7) is 11.9. The molecule has 1 fully saturated rings. The van der Waals surface area contributed by atoms with Crippen LogP contribution in [-0.2, 0) is 4.74 Å². The van der Waals surface area contributed by atoms with Crippen LogP contribution in [0, 0.1) is 5.92 Å². The van der Waals surface area contributed by atoms with E-state index in [1.54, 1.807) is 0 Å². The summed E-state index contributed by atoms with van der Waals surface area (Å²) in [7, 11) is 1.83. The van der Waals surface area contributed by atoms with Gasteiger partial charge in [-0.3, -0.25) is 4.90 Å². The number of hydrogen-bond acceptors (Lipinski definition) is 3. The maximum atomic E-state index is 6.03. The number of likely N-dealkylation sites (tertiary alicyclic amines) is 1. The van der Waals surface area contributed by atoms with Crippen LogP contribution in [0.15, 0.2) is 0 Å². The standard InChI is InChI=1S/C14H30N2O/c1-12(2)9-13(3,10-15)16-8-6-7-14(4,11-16)17-5/h12H,6-11,15H2,1-5H3. The predicted octanol–water partition coefficient (Wildman–Crippen LogP) is 2.25. The van der Waals surface area contributed by atoms with E-state index in [9.17, 15) is 0 Å². The Hall–Kier alpha value is -0.120. The lowest BCUT2D eigenvalue weighted by Crippen LogP contribution is -2.59. The van der Waals surface area contributed by atoms with Crippen LogP contribution in [0.4, 0.5) is 0 Å². The van der Waals surface area contributed by atoms with Crippen molar-refractivity contribution in [3.63, 3.8) is 0 Å². The minimum atomic E-state index is 0.00561. The van der Waals surface area contributed by atoms with Crippen LogP contribution >= 0.6 is 0 Å². The van der Waals surface area contributed by atoms with Gasteiger partial charge in [-0.25, -0.2) is 0 Å². The Morgan fingerprint density at radius 1 is 1.47 bits per heavy atom. The van der Waals surface area contributed by atoms with Crippen molar-refractivity contribution in [1.82, 2.24) is 4.90 Å². The van der Waals surface area contributed by atoms with Gasteiger partial charge >= 0.3 is 0 Å². The number of nitrogens with zero attached hydrogens (tertiary/aromatic N) is 1. The second kappa shape index (κ2) is 5.68. The Morgan fingerprint density at radius 3 is 2.59 bits per heavy atom. The van der Waals surface area contributed by atoms with Crippen LogP contribution in [0.3, 0.4) is 0 Å². The van der Waals surface area contributed by atoms with Crippen molar-refractivity contribution < 1.29 is 4.74 Å². The second-order valence-electron chi connectivity index (χ2n) is 6.48. The SMILES string of the molecule is COC1(C)CCCN(C(C)(CN)CC(C)C)C1. The number of piperidine rings is 1. The molecule has 0 aromatic heterocycles. The molecule has 0 aliphatic carbocycles. The smallest absolute Gasteiger partial charge is 0.0777 e. The number of methoxy groups -OCH3 is 1. The number of ether oxygens (including phenoxy) is 1. The molecule has 1 aliphatic heterocycles. The van der Waals surface area contributed by atoms with Crippen molar-refractivity contribution >= 4 is 0 Å². The van der Waals surface area contributed by atoms with Crippen LogP contribution in [-0.4, -0.2) is 42.8 Å². The van der Waals surface area contributed by atoms with Crippen molar-refractivity contribution in [3.05, 3.63) is 0 Å². The van der Waals surface area contributed by atoms with Crippen molar-refractivity contribution in [3.8, 4) is 0 Å². The molecule has 2 atom stereocenters. The molecule has 1 saturated heterocycles. The van der Waals surface area contributed by atoms with E-state index in [1.165, 1.54) is 6.42 Å². The molecule has 1 heterocycles. The fourth-order valence-corrected chi connectivity index (χ4v) is 3.05. The zero-order valence-electron chi connectivity index (χ0n) is 12.3. The maximum absolute atomic E-state index is 6.03. The summed E-state index contributed by atoms with van der Waals surface area (Å²) in [6.07, 6.45) is 3.52. The van der Waals surface area contributed by atoms with Crippen molar-refractivity contribution in [1.29, 1.82) is 0 Å². The summed E-state index contributed by atoms with van der Waals surface area (Å²) in [6, 6.07) is 0. The number of rotatable bonds is 5. The van der Waals surface area contributed by atoms with Crippen LogP contribution in [0.5, 0.6) is 0 Å². The summed E-state index contributed by atoms with van der Waals surface area (Å²) in [5, 5.41) is 0. The highest BCUT2D eigenvalue weighted by Crippen LogP contribution is 2.31. The van der Waals surface area contributed by atoms with Gasteiger partial charge < -0.3 is 10.5 Å². The van der Waals surface area contributed by atoms with Crippen molar-refractivity contribution in [2.45, 2.75) is 58.1 Å². The molecule has 0 bridgehead atoms. The van der Waals surface area contributed by atoms with Gasteiger partial charge in [0.1, 0.15) is 0 Å². The highest BCUT2D eigenvalue weighted by atomic mass is 16.5. The molecule has 0 radical (unpaired) electrons. The molecule has 2 N–H and O–H groups in total. The highest BCUT2D eigenvalue weighted by molar-refractivity contribution is 4.95. The molecule has 102 valence electrons. The van der Waals surface area contributed by atoms with Gasteiger partial charge in [-0.1, -0.05) is 13.8 Å². The molecule has 1 rings (SSSR count). The fourth-order valence-electron chi connectivity index (χ4n) is 3.05. The first-order chi connectivity index (χ1) is 7.85. The van der Waals surface area contributed by atoms with Crippen LogP contribution in [0.1, 0.15) is 47.0 Å². The third kappa shape index (κ3) is 3.67. The lowest BCUT2D eigenvalue weighted by molar-refractivity contribution is -0.0800. The van der Waals surface area contributed by atoms with Gasteiger partial charge in [0.15, 0.2) is 0 Å². The minimum absolute atomic E-state index is 0.00561. The Labute approximate surface area is 107 Å². The molecule has 1 aliphatic rings. The average molecular weight is 242 g/mol. The third-order valence-corrected chi connectivity index (χ3v) is 4.20. The fraction of sp³-hybridized carbons (Fsp3) is 1.00. The molecular weight excluding hydrogens is 212 g/mol. The second-order valence-corrected chi connectivity index (χ2v) is 6.48. The monoisotopic (exact) mass is 242 g/mol. The Morgan fingerprint density at radius 2 is 2.12 bits per heavy atom. The van der Waals surface area contributed by atoms with Gasteiger partial charge in [0.05, 0.1) is 5.60 Å². The predicted molar refractivity (Wildman–Crippen MR) is 73.1 cm³/mol. The van der Waals surface area contributed by atoms with E-state index >= 15 is 0 Å². The molecule has 3 nitrogen and oxygen atoms in total. The van der Waals surface area contributed by atoms with Gasteiger partial charge in [0.2, 0.25) is 0 Å².